The minimum Gasteiger partial charge on any atom is -0.497 e. The average molecular weight is 440 g/mol. The zero-order valence-electron chi connectivity index (χ0n) is 18.8. The van der Waals surface area contributed by atoms with Gasteiger partial charge in [0, 0.05) is 42.7 Å². The predicted octanol–water partition coefficient (Wildman–Crippen LogP) is 3.57. The monoisotopic (exact) mass is 439 g/mol. The van der Waals surface area contributed by atoms with Crippen LogP contribution in [0.5, 0.6) is 5.75 Å². The Kier molecular flexibility index (Phi) is 5.40. The number of ether oxygens (including phenoxy) is 1. The number of rotatable bonds is 5. The first kappa shape index (κ1) is 21.3. The van der Waals surface area contributed by atoms with Crippen molar-refractivity contribution < 1.29 is 19.4 Å². The Morgan fingerprint density at radius 2 is 1.88 bits per heavy atom. The first-order valence-electron chi connectivity index (χ1n) is 11.9. The molecule has 2 aromatic rings. The molecule has 1 aliphatic carbocycles. The topological polar surface area (TPSA) is 94.7 Å². The van der Waals surface area contributed by atoms with Crippen LogP contribution in [0.15, 0.2) is 18.2 Å². The molecule has 172 valence electrons. The molecular weight excluding hydrogens is 406 g/mol. The Morgan fingerprint density at radius 3 is 2.56 bits per heavy atom. The van der Waals surface area contributed by atoms with E-state index in [0.29, 0.717) is 19.5 Å². The predicted molar refractivity (Wildman–Crippen MR) is 122 cm³/mol. The van der Waals surface area contributed by atoms with E-state index in [1.54, 1.807) is 7.11 Å². The highest BCUT2D eigenvalue weighted by Crippen LogP contribution is 2.45. The highest BCUT2D eigenvalue weighted by atomic mass is 16.5. The van der Waals surface area contributed by atoms with Gasteiger partial charge in [0.2, 0.25) is 5.91 Å². The lowest BCUT2D eigenvalue weighted by atomic mass is 9.77. The number of piperidine rings is 1. The molecule has 7 nitrogen and oxygen atoms in total. The molecule has 0 atom stereocenters. The third-order valence-corrected chi connectivity index (χ3v) is 8.12. The Morgan fingerprint density at radius 1 is 1.12 bits per heavy atom. The molecule has 2 aliphatic heterocycles. The Bertz CT molecular complexity index is 1030. The van der Waals surface area contributed by atoms with Gasteiger partial charge in [-0.3, -0.25) is 9.59 Å². The van der Waals surface area contributed by atoms with Crippen LogP contribution in [-0.2, 0) is 21.5 Å². The molecule has 0 radical (unpaired) electrons. The summed E-state index contributed by atoms with van der Waals surface area (Å²) in [5.74, 6) is 0.210. The van der Waals surface area contributed by atoms with E-state index in [1.807, 2.05) is 11.0 Å². The summed E-state index contributed by atoms with van der Waals surface area (Å²) in [7, 11) is 1.70. The van der Waals surface area contributed by atoms with Gasteiger partial charge in [0.25, 0.3) is 0 Å². The number of benzene rings is 1. The normalized spacial score (nSPS) is 21.6. The molecule has 1 aromatic carbocycles. The number of nitrogens with one attached hydrogen (secondary N) is 2. The maximum Gasteiger partial charge on any atom is 0.303 e. The zero-order chi connectivity index (χ0) is 22.3. The second-order valence-corrected chi connectivity index (χ2v) is 9.98. The van der Waals surface area contributed by atoms with Crippen molar-refractivity contribution in [2.45, 2.75) is 63.3 Å². The highest BCUT2D eigenvalue weighted by Gasteiger charge is 2.44. The van der Waals surface area contributed by atoms with Crippen LogP contribution in [0.4, 0.5) is 0 Å². The van der Waals surface area contributed by atoms with Crippen molar-refractivity contribution in [3.63, 3.8) is 0 Å². The summed E-state index contributed by atoms with van der Waals surface area (Å²) in [5, 5.41) is 14.4. The van der Waals surface area contributed by atoms with Crippen molar-refractivity contribution >= 4 is 22.8 Å². The van der Waals surface area contributed by atoms with Gasteiger partial charge in [-0.1, -0.05) is 12.8 Å². The van der Waals surface area contributed by atoms with Crippen molar-refractivity contribution in [3.8, 4) is 5.75 Å². The third-order valence-electron chi connectivity index (χ3n) is 8.12. The van der Waals surface area contributed by atoms with Crippen LogP contribution in [0.1, 0.15) is 62.6 Å². The van der Waals surface area contributed by atoms with E-state index in [4.69, 9.17) is 4.74 Å². The molecule has 32 heavy (non-hydrogen) atoms. The Labute approximate surface area is 188 Å². The molecule has 1 amide bonds. The first-order chi connectivity index (χ1) is 15.4. The lowest BCUT2D eigenvalue weighted by molar-refractivity contribution is -0.142. The number of hydrogen-bond acceptors (Lipinski definition) is 4. The number of carbonyl (C=O) groups is 2. The molecule has 0 unspecified atom stereocenters. The summed E-state index contributed by atoms with van der Waals surface area (Å²) >= 11 is 0. The molecule has 7 heteroatoms. The van der Waals surface area contributed by atoms with Crippen LogP contribution in [0, 0.1) is 5.41 Å². The van der Waals surface area contributed by atoms with Crippen molar-refractivity contribution in [2.24, 2.45) is 5.41 Å². The lowest BCUT2D eigenvalue weighted by Gasteiger charge is -2.45. The van der Waals surface area contributed by atoms with Gasteiger partial charge in [0.1, 0.15) is 5.75 Å². The van der Waals surface area contributed by atoms with E-state index in [9.17, 15) is 14.7 Å². The van der Waals surface area contributed by atoms with E-state index in [-0.39, 0.29) is 23.3 Å². The van der Waals surface area contributed by atoms with Crippen LogP contribution in [0.2, 0.25) is 0 Å². The molecule has 3 N–H and O–H groups in total. The number of nitrogens with zero attached hydrogens (tertiary/aromatic N) is 1. The number of likely N-dealkylation sites (tertiary alicyclic amines) is 1. The van der Waals surface area contributed by atoms with Gasteiger partial charge in [-0.2, -0.15) is 0 Å². The molecule has 1 saturated heterocycles. The molecule has 1 saturated carbocycles. The quantitative estimate of drug-likeness (QED) is 0.662. The van der Waals surface area contributed by atoms with E-state index in [2.05, 4.69) is 22.4 Å². The fraction of sp³-hybridized carbons (Fsp3) is 0.600. The van der Waals surface area contributed by atoms with Crippen molar-refractivity contribution in [2.75, 3.05) is 26.7 Å². The number of carboxylic acids is 1. The Hall–Kier alpha value is -2.54. The van der Waals surface area contributed by atoms with Gasteiger partial charge < -0.3 is 25.0 Å². The minimum absolute atomic E-state index is 0.111. The summed E-state index contributed by atoms with van der Waals surface area (Å²) in [6, 6.07) is 6.19. The highest BCUT2D eigenvalue weighted by molar-refractivity contribution is 5.87. The molecule has 2 fully saturated rings. The number of carbonyl (C=O) groups excluding carboxylic acids is 1. The molecular formula is C25H33N3O4. The molecule has 0 bridgehead atoms. The fourth-order valence-electron chi connectivity index (χ4n) is 6.40. The van der Waals surface area contributed by atoms with Crippen LogP contribution in [0.25, 0.3) is 10.9 Å². The molecule has 3 aliphatic rings. The SMILES string of the molecule is COc1ccc2[nH]c3c(c2c1)CCNC31CCN(C(=O)CC2(CC(=O)O)CCCC2)CC1. The van der Waals surface area contributed by atoms with Crippen LogP contribution < -0.4 is 10.1 Å². The largest absolute Gasteiger partial charge is 0.497 e. The summed E-state index contributed by atoms with van der Waals surface area (Å²) in [6.45, 7) is 2.33. The van der Waals surface area contributed by atoms with E-state index < -0.39 is 5.97 Å². The molecule has 5 rings (SSSR count). The second-order valence-electron chi connectivity index (χ2n) is 9.98. The van der Waals surface area contributed by atoms with Crippen molar-refractivity contribution in [1.82, 2.24) is 15.2 Å². The van der Waals surface area contributed by atoms with Gasteiger partial charge in [0.15, 0.2) is 0 Å². The van der Waals surface area contributed by atoms with Crippen LogP contribution in [0.3, 0.4) is 0 Å². The molecule has 1 spiro atoms. The van der Waals surface area contributed by atoms with Gasteiger partial charge in [-0.15, -0.1) is 0 Å². The van der Waals surface area contributed by atoms with E-state index >= 15 is 0 Å². The third kappa shape index (κ3) is 3.66. The number of aromatic amines is 1. The number of H-pyrrole nitrogens is 1. The van der Waals surface area contributed by atoms with Gasteiger partial charge in [-0.25, -0.2) is 0 Å². The zero-order valence-corrected chi connectivity index (χ0v) is 18.8. The van der Waals surface area contributed by atoms with Crippen molar-refractivity contribution in [1.29, 1.82) is 0 Å². The van der Waals surface area contributed by atoms with Crippen LogP contribution in [-0.4, -0.2) is 53.6 Å². The summed E-state index contributed by atoms with van der Waals surface area (Å²) in [5.41, 5.74) is 3.28. The maximum absolute atomic E-state index is 13.2. The average Bonchev–Trinajstić information content (AvgIpc) is 3.39. The number of methoxy groups -OCH3 is 1. The molecule has 1 aromatic heterocycles. The fourth-order valence-corrected chi connectivity index (χ4v) is 6.40. The van der Waals surface area contributed by atoms with Crippen molar-refractivity contribution in [3.05, 3.63) is 29.5 Å². The van der Waals surface area contributed by atoms with E-state index in [0.717, 1.165) is 62.8 Å². The molecule has 3 heterocycles. The minimum atomic E-state index is -0.785. The second kappa shape index (κ2) is 8.10. The van der Waals surface area contributed by atoms with Gasteiger partial charge in [0.05, 0.1) is 19.1 Å². The number of carboxylic acid groups (broad SMARTS) is 1. The number of fused-ring (bicyclic) bond motifs is 4. The van der Waals surface area contributed by atoms with Gasteiger partial charge in [-0.05, 0) is 61.3 Å². The number of amides is 1. The summed E-state index contributed by atoms with van der Waals surface area (Å²) < 4.78 is 5.44. The standard InChI is InChI=1S/C25H33N3O4/c1-32-17-4-5-20-19(14-17)18-6-11-26-25(23(18)27-20)9-12-28(13-10-25)21(29)15-24(16-22(30)31)7-2-3-8-24/h4-5,14,26-27H,2-3,6-13,15-16H2,1H3,(H,30,31). The number of aliphatic carboxylic acids is 1. The summed E-state index contributed by atoms with van der Waals surface area (Å²) in [4.78, 5) is 30.2. The Balaban J connectivity index is 1.32. The number of aromatic nitrogens is 1. The number of hydrogen-bond donors (Lipinski definition) is 3. The smallest absolute Gasteiger partial charge is 0.303 e. The van der Waals surface area contributed by atoms with E-state index in [1.165, 1.54) is 16.6 Å². The lowest BCUT2D eigenvalue weighted by Crippen LogP contribution is -2.55. The van der Waals surface area contributed by atoms with Gasteiger partial charge >= 0.3 is 5.97 Å². The maximum atomic E-state index is 13.2. The summed E-state index contributed by atoms with van der Waals surface area (Å²) in [6.07, 6.45) is 6.95. The van der Waals surface area contributed by atoms with Crippen LogP contribution >= 0.6 is 0 Å². The first-order valence-corrected chi connectivity index (χ1v) is 11.9.